The normalized spacial score (nSPS) is 11.7. The summed E-state index contributed by atoms with van der Waals surface area (Å²) in [6.45, 7) is 7.90. The molecule has 0 spiro atoms. The van der Waals surface area contributed by atoms with Gasteiger partial charge >= 0.3 is 5.97 Å². The van der Waals surface area contributed by atoms with E-state index in [1.807, 2.05) is 39.1 Å². The molecule has 0 amide bonds. The summed E-state index contributed by atoms with van der Waals surface area (Å²) in [5, 5.41) is 9.97. The number of carbonyl (C=O) groups is 1. The molecule has 20 heavy (non-hydrogen) atoms. The van der Waals surface area contributed by atoms with E-state index >= 15 is 0 Å². The summed E-state index contributed by atoms with van der Waals surface area (Å²) in [4.78, 5) is 13.1. The van der Waals surface area contributed by atoms with Gasteiger partial charge in [0.1, 0.15) is 5.60 Å². The fourth-order valence-corrected chi connectivity index (χ4v) is 3.04. The number of aromatic nitrogens is 3. The standard InChI is InChI=1S/C13H16BrN3O2S/c1-8-11(12(18)19-13(2,3)4)15-16-17(8)6-10-5-9(14)7-20-10/h5,7H,6H2,1-4H3. The fourth-order valence-electron chi connectivity index (χ4n) is 1.61. The summed E-state index contributed by atoms with van der Waals surface area (Å²) in [5.74, 6) is -0.436. The van der Waals surface area contributed by atoms with Crippen molar-refractivity contribution in [1.82, 2.24) is 15.0 Å². The molecule has 0 atom stereocenters. The van der Waals surface area contributed by atoms with Crippen molar-refractivity contribution in [1.29, 1.82) is 0 Å². The van der Waals surface area contributed by atoms with Crippen LogP contribution >= 0.6 is 27.3 Å². The Morgan fingerprint density at radius 1 is 1.50 bits per heavy atom. The van der Waals surface area contributed by atoms with Crippen molar-refractivity contribution in [2.24, 2.45) is 0 Å². The third-order valence-corrected chi connectivity index (χ3v) is 4.18. The molecule has 0 aliphatic carbocycles. The van der Waals surface area contributed by atoms with E-state index in [4.69, 9.17) is 4.74 Å². The maximum atomic E-state index is 12.0. The van der Waals surface area contributed by atoms with Gasteiger partial charge in [0.15, 0.2) is 5.69 Å². The van der Waals surface area contributed by atoms with Crippen LogP contribution in [0.15, 0.2) is 15.9 Å². The lowest BCUT2D eigenvalue weighted by atomic mass is 10.2. The van der Waals surface area contributed by atoms with Gasteiger partial charge < -0.3 is 4.74 Å². The maximum absolute atomic E-state index is 12.0. The maximum Gasteiger partial charge on any atom is 0.361 e. The Labute approximate surface area is 130 Å². The van der Waals surface area contributed by atoms with Crippen LogP contribution in [0.1, 0.15) is 41.8 Å². The highest BCUT2D eigenvalue weighted by Crippen LogP contribution is 2.21. The minimum Gasteiger partial charge on any atom is -0.455 e. The third-order valence-electron chi connectivity index (χ3n) is 2.50. The molecular formula is C13H16BrN3O2S. The highest BCUT2D eigenvalue weighted by atomic mass is 79.9. The Bertz CT molecular complexity index is 628. The molecule has 7 heteroatoms. The smallest absolute Gasteiger partial charge is 0.361 e. The van der Waals surface area contributed by atoms with E-state index < -0.39 is 11.6 Å². The number of esters is 1. The van der Waals surface area contributed by atoms with Crippen LogP contribution in [-0.4, -0.2) is 26.6 Å². The van der Waals surface area contributed by atoms with E-state index in [1.54, 1.807) is 16.0 Å². The lowest BCUT2D eigenvalue weighted by molar-refractivity contribution is 0.00619. The average Bonchev–Trinajstić information content (AvgIpc) is 2.85. The van der Waals surface area contributed by atoms with E-state index in [0.717, 1.165) is 9.35 Å². The number of thiophene rings is 1. The molecule has 0 bridgehead atoms. The van der Waals surface area contributed by atoms with Crippen molar-refractivity contribution in [3.8, 4) is 0 Å². The fraction of sp³-hybridized carbons (Fsp3) is 0.462. The van der Waals surface area contributed by atoms with Gasteiger partial charge in [0.2, 0.25) is 0 Å². The lowest BCUT2D eigenvalue weighted by Crippen LogP contribution is -2.24. The monoisotopic (exact) mass is 357 g/mol. The Morgan fingerprint density at radius 2 is 2.20 bits per heavy atom. The van der Waals surface area contributed by atoms with Crippen LogP contribution in [0.4, 0.5) is 0 Å². The molecule has 0 saturated carbocycles. The molecule has 5 nitrogen and oxygen atoms in total. The molecule has 0 aromatic carbocycles. The van der Waals surface area contributed by atoms with Gasteiger partial charge in [0.05, 0.1) is 12.2 Å². The number of carbonyl (C=O) groups excluding carboxylic acids is 1. The topological polar surface area (TPSA) is 57.0 Å². The predicted molar refractivity (Wildman–Crippen MR) is 81.0 cm³/mol. The number of rotatable bonds is 3. The van der Waals surface area contributed by atoms with E-state index in [2.05, 4.69) is 26.2 Å². The zero-order valence-corrected chi connectivity index (χ0v) is 14.2. The van der Waals surface area contributed by atoms with Crippen molar-refractivity contribution in [2.75, 3.05) is 0 Å². The second kappa shape index (κ2) is 5.65. The van der Waals surface area contributed by atoms with E-state index in [9.17, 15) is 4.79 Å². The Morgan fingerprint density at radius 3 is 2.75 bits per heavy atom. The lowest BCUT2D eigenvalue weighted by Gasteiger charge is -2.18. The van der Waals surface area contributed by atoms with Crippen molar-refractivity contribution < 1.29 is 9.53 Å². The zero-order valence-electron chi connectivity index (χ0n) is 11.8. The largest absolute Gasteiger partial charge is 0.455 e. The molecule has 0 N–H and O–H groups in total. The number of halogens is 1. The average molecular weight is 358 g/mol. The molecule has 0 aliphatic rings. The number of nitrogens with zero attached hydrogens (tertiary/aromatic N) is 3. The summed E-state index contributed by atoms with van der Waals surface area (Å²) < 4.78 is 8.06. The van der Waals surface area contributed by atoms with Gasteiger partial charge in [-0.3, -0.25) is 0 Å². The molecule has 0 unspecified atom stereocenters. The van der Waals surface area contributed by atoms with Crippen LogP contribution in [0, 0.1) is 6.92 Å². The second-order valence-corrected chi connectivity index (χ2v) is 7.33. The van der Waals surface area contributed by atoms with Crippen LogP contribution in [-0.2, 0) is 11.3 Å². The van der Waals surface area contributed by atoms with Crippen LogP contribution in [0.3, 0.4) is 0 Å². The van der Waals surface area contributed by atoms with Gasteiger partial charge in [-0.15, -0.1) is 16.4 Å². The van der Waals surface area contributed by atoms with Gasteiger partial charge in [0.25, 0.3) is 0 Å². The van der Waals surface area contributed by atoms with Crippen LogP contribution in [0.5, 0.6) is 0 Å². The summed E-state index contributed by atoms with van der Waals surface area (Å²) >= 11 is 5.05. The molecule has 0 radical (unpaired) electrons. The zero-order chi connectivity index (χ0) is 14.9. The van der Waals surface area contributed by atoms with Gasteiger partial charge in [-0.05, 0) is 49.7 Å². The molecule has 2 aromatic rings. The minimum atomic E-state index is -0.536. The van der Waals surface area contributed by atoms with Gasteiger partial charge in [-0.1, -0.05) is 5.21 Å². The SMILES string of the molecule is Cc1c(C(=O)OC(C)(C)C)nnn1Cc1cc(Br)cs1. The van der Waals surface area contributed by atoms with Crippen molar-refractivity contribution in [3.05, 3.63) is 32.2 Å². The summed E-state index contributed by atoms with van der Waals surface area (Å²) in [6, 6.07) is 2.03. The van der Waals surface area contributed by atoms with Crippen LogP contribution in [0.25, 0.3) is 0 Å². The number of ether oxygens (including phenoxy) is 1. The highest BCUT2D eigenvalue weighted by molar-refractivity contribution is 9.10. The van der Waals surface area contributed by atoms with Crippen molar-refractivity contribution in [3.63, 3.8) is 0 Å². The third kappa shape index (κ3) is 3.67. The van der Waals surface area contributed by atoms with E-state index in [1.165, 1.54) is 0 Å². The molecule has 0 fully saturated rings. The molecule has 0 saturated heterocycles. The summed E-state index contributed by atoms with van der Waals surface area (Å²) in [6.07, 6.45) is 0. The molecule has 2 heterocycles. The molecule has 2 aromatic heterocycles. The Kier molecular flexibility index (Phi) is 4.29. The second-order valence-electron chi connectivity index (χ2n) is 5.41. The Balaban J connectivity index is 2.16. The summed E-state index contributed by atoms with van der Waals surface area (Å²) in [5.41, 5.74) is 0.450. The van der Waals surface area contributed by atoms with Crippen LogP contribution in [0.2, 0.25) is 0 Å². The molecule has 0 aliphatic heterocycles. The first-order valence-corrected chi connectivity index (χ1v) is 7.80. The van der Waals surface area contributed by atoms with E-state index in [0.29, 0.717) is 12.2 Å². The number of hydrogen-bond donors (Lipinski definition) is 0. The van der Waals surface area contributed by atoms with Gasteiger partial charge in [-0.25, -0.2) is 9.48 Å². The molecule has 108 valence electrons. The number of hydrogen-bond acceptors (Lipinski definition) is 5. The highest BCUT2D eigenvalue weighted by Gasteiger charge is 2.23. The first-order chi connectivity index (χ1) is 9.26. The quantitative estimate of drug-likeness (QED) is 0.789. The van der Waals surface area contributed by atoms with Crippen molar-refractivity contribution in [2.45, 2.75) is 39.8 Å². The Hall–Kier alpha value is -1.21. The van der Waals surface area contributed by atoms with Gasteiger partial charge in [0, 0.05) is 14.7 Å². The van der Waals surface area contributed by atoms with Crippen molar-refractivity contribution >= 4 is 33.2 Å². The van der Waals surface area contributed by atoms with E-state index in [-0.39, 0.29) is 5.69 Å². The first kappa shape index (κ1) is 15.2. The van der Waals surface area contributed by atoms with Gasteiger partial charge in [-0.2, -0.15) is 0 Å². The summed E-state index contributed by atoms with van der Waals surface area (Å²) in [7, 11) is 0. The predicted octanol–water partition coefficient (Wildman–Crippen LogP) is 3.41. The molecular weight excluding hydrogens is 342 g/mol. The van der Waals surface area contributed by atoms with Crippen LogP contribution < -0.4 is 0 Å². The minimum absolute atomic E-state index is 0.274. The first-order valence-electron chi connectivity index (χ1n) is 6.12. The molecule has 2 rings (SSSR count).